The van der Waals surface area contributed by atoms with Gasteiger partial charge in [-0.1, -0.05) is 36.7 Å². The summed E-state index contributed by atoms with van der Waals surface area (Å²) in [6.45, 7) is 5.45. The lowest BCUT2D eigenvalue weighted by molar-refractivity contribution is -0.0951. The number of anilines is 1. The summed E-state index contributed by atoms with van der Waals surface area (Å²) in [5, 5.41) is 12.0. The second-order valence-corrected chi connectivity index (χ2v) is 15.8. The molecule has 2 aliphatic heterocycles. The van der Waals surface area contributed by atoms with Crippen molar-refractivity contribution in [1.29, 1.82) is 0 Å². The van der Waals surface area contributed by atoms with Gasteiger partial charge in [-0.15, -0.1) is 0 Å². The maximum Gasteiger partial charge on any atom is 0.264 e. The second-order valence-electron chi connectivity index (χ2n) is 13.3. The van der Waals surface area contributed by atoms with E-state index in [0.717, 1.165) is 56.4 Å². The van der Waals surface area contributed by atoms with Crippen LogP contribution >= 0.6 is 11.6 Å². The Labute approximate surface area is 260 Å². The Morgan fingerprint density at radius 2 is 1.93 bits per heavy atom. The van der Waals surface area contributed by atoms with Crippen LogP contribution in [0, 0.1) is 23.7 Å². The number of allylic oxidation sites excluding steroid dienone is 1. The maximum atomic E-state index is 13.4. The quantitative estimate of drug-likeness (QED) is 0.335. The molecule has 43 heavy (non-hydrogen) atoms. The summed E-state index contributed by atoms with van der Waals surface area (Å²) in [6.07, 6.45) is 11.0. The van der Waals surface area contributed by atoms with Gasteiger partial charge in [0.05, 0.1) is 16.5 Å². The Morgan fingerprint density at radius 1 is 1.09 bits per heavy atom. The molecule has 0 aromatic heterocycles. The monoisotopic (exact) mass is 626 g/mol. The van der Waals surface area contributed by atoms with E-state index < -0.39 is 26.8 Å². The van der Waals surface area contributed by atoms with Crippen LogP contribution < -0.4 is 14.4 Å². The number of hydrogen-bond acceptors (Lipinski definition) is 6. The van der Waals surface area contributed by atoms with Crippen molar-refractivity contribution in [3.05, 3.63) is 70.3 Å². The molecule has 0 spiro atoms. The van der Waals surface area contributed by atoms with Crippen LogP contribution in [0.3, 0.4) is 0 Å². The smallest absolute Gasteiger partial charge is 0.264 e. The molecule has 0 saturated heterocycles. The van der Waals surface area contributed by atoms with E-state index in [9.17, 15) is 18.3 Å². The number of hydrogen-bond donors (Lipinski definition) is 2. The molecule has 6 atom stereocenters. The van der Waals surface area contributed by atoms with Gasteiger partial charge >= 0.3 is 0 Å². The lowest BCUT2D eigenvalue weighted by Gasteiger charge is -2.51. The molecule has 2 aromatic rings. The summed E-state index contributed by atoms with van der Waals surface area (Å²) in [4.78, 5) is 15.7. The van der Waals surface area contributed by atoms with Crippen molar-refractivity contribution >= 4 is 33.2 Å². The Bertz CT molecular complexity index is 1510. The molecule has 232 valence electrons. The molecule has 9 heteroatoms. The van der Waals surface area contributed by atoms with E-state index in [1.807, 2.05) is 25.1 Å². The molecule has 1 fully saturated rings. The zero-order valence-corrected chi connectivity index (χ0v) is 26.7. The van der Waals surface area contributed by atoms with E-state index in [0.29, 0.717) is 42.6 Å². The molecule has 6 rings (SSSR count). The van der Waals surface area contributed by atoms with Crippen molar-refractivity contribution in [2.75, 3.05) is 18.0 Å². The number of carbonyl (C=O) groups excluding carboxylic acids is 1. The summed E-state index contributed by atoms with van der Waals surface area (Å²) in [5.41, 5.74) is 2.53. The van der Waals surface area contributed by atoms with Gasteiger partial charge in [0.15, 0.2) is 0 Å². The van der Waals surface area contributed by atoms with Gasteiger partial charge in [-0.2, -0.15) is 0 Å². The number of amides is 1. The number of nitrogens with zero attached hydrogens (tertiary/aromatic N) is 1. The number of nitrogens with one attached hydrogen (secondary N) is 1. The van der Waals surface area contributed by atoms with Gasteiger partial charge in [0.1, 0.15) is 12.4 Å². The summed E-state index contributed by atoms with van der Waals surface area (Å²) >= 11 is 6.33. The van der Waals surface area contributed by atoms with E-state index in [4.69, 9.17) is 16.3 Å². The van der Waals surface area contributed by atoms with Crippen molar-refractivity contribution in [2.24, 2.45) is 23.7 Å². The van der Waals surface area contributed by atoms with Crippen molar-refractivity contribution < 1.29 is 23.1 Å². The number of benzene rings is 2. The zero-order valence-electron chi connectivity index (χ0n) is 25.1. The number of aryl methyl sites for hydroxylation is 1. The largest absolute Gasteiger partial charge is 0.487 e. The molecule has 2 N–H and O–H groups in total. The first-order chi connectivity index (χ1) is 20.5. The highest BCUT2D eigenvalue weighted by atomic mass is 35.5. The van der Waals surface area contributed by atoms with Gasteiger partial charge in [0.2, 0.25) is 10.0 Å². The Kier molecular flexibility index (Phi) is 8.57. The molecule has 2 heterocycles. The van der Waals surface area contributed by atoms with Crippen LogP contribution in [0.4, 0.5) is 5.69 Å². The fraction of sp³-hybridized carbons (Fsp3) is 0.559. The van der Waals surface area contributed by atoms with Gasteiger partial charge < -0.3 is 14.7 Å². The number of halogens is 1. The lowest BCUT2D eigenvalue weighted by Crippen LogP contribution is -2.52. The van der Waals surface area contributed by atoms with Gasteiger partial charge in [0, 0.05) is 23.7 Å². The minimum Gasteiger partial charge on any atom is -0.487 e. The highest BCUT2D eigenvalue weighted by Gasteiger charge is 2.48. The van der Waals surface area contributed by atoms with Crippen LogP contribution in [0.15, 0.2) is 48.6 Å². The van der Waals surface area contributed by atoms with Crippen LogP contribution in [-0.2, 0) is 23.1 Å². The van der Waals surface area contributed by atoms with Crippen LogP contribution in [0.2, 0.25) is 5.02 Å². The van der Waals surface area contributed by atoms with Gasteiger partial charge in [-0.05, 0) is 123 Å². The summed E-state index contributed by atoms with van der Waals surface area (Å²) in [7, 11) is -3.93. The molecule has 4 aliphatic rings. The number of sulfonamides is 1. The lowest BCUT2D eigenvalue weighted by atomic mass is 9.60. The van der Waals surface area contributed by atoms with Gasteiger partial charge in [-0.3, -0.25) is 4.79 Å². The topological polar surface area (TPSA) is 95.9 Å². The standard InChI is InChI=1S/C34H43ClN2O5S/c1-22-16-24-6-5-14-34(39,19-24)30-12-9-27(30)20-37-15-4-3-7-25-17-29(35)11-8-28(25)21-42-32-13-10-26(18-31(32)37)33(38)36-43(40,41)23(22)2/h5-6,8,10-11,13,17-18,22-24,27,30,39H,3-4,7,9,12,14-16,19-21H2,1-2H3,(H,36,38)/t22-,23+,24-,27-,30+,34-/m0/s1. The first-order valence-corrected chi connectivity index (χ1v) is 17.7. The highest BCUT2D eigenvalue weighted by molar-refractivity contribution is 7.90. The zero-order chi connectivity index (χ0) is 30.4. The third-order valence-electron chi connectivity index (χ3n) is 10.5. The fourth-order valence-electron chi connectivity index (χ4n) is 7.65. The number of aliphatic hydroxyl groups is 1. The van der Waals surface area contributed by atoms with Crippen LogP contribution in [0.25, 0.3) is 0 Å². The Hall–Kier alpha value is -2.55. The second kappa shape index (κ2) is 12.1. The first kappa shape index (κ1) is 30.5. The fourth-order valence-corrected chi connectivity index (χ4v) is 9.13. The molecule has 7 nitrogen and oxygen atoms in total. The van der Waals surface area contributed by atoms with E-state index >= 15 is 0 Å². The average molecular weight is 627 g/mol. The summed E-state index contributed by atoms with van der Waals surface area (Å²) in [5.74, 6) is 0.411. The van der Waals surface area contributed by atoms with Crippen molar-refractivity contribution in [2.45, 2.75) is 82.7 Å². The Morgan fingerprint density at radius 3 is 2.72 bits per heavy atom. The minimum absolute atomic E-state index is 0.0943. The third-order valence-corrected chi connectivity index (χ3v) is 12.6. The Balaban J connectivity index is 1.40. The molecule has 0 unspecified atom stereocenters. The number of fused-ring (bicyclic) bond motifs is 6. The van der Waals surface area contributed by atoms with Crippen molar-refractivity contribution in [1.82, 2.24) is 4.72 Å². The molecule has 4 bridgehead atoms. The van der Waals surface area contributed by atoms with Gasteiger partial charge in [-0.25, -0.2) is 13.1 Å². The predicted octanol–water partition coefficient (Wildman–Crippen LogP) is 6.27. The van der Waals surface area contributed by atoms with E-state index in [1.54, 1.807) is 25.1 Å². The van der Waals surface area contributed by atoms with E-state index in [1.165, 1.54) is 5.56 Å². The van der Waals surface area contributed by atoms with E-state index in [2.05, 4.69) is 21.8 Å². The van der Waals surface area contributed by atoms with Crippen molar-refractivity contribution in [3.63, 3.8) is 0 Å². The molecule has 2 aliphatic carbocycles. The van der Waals surface area contributed by atoms with Gasteiger partial charge in [0.25, 0.3) is 5.91 Å². The maximum absolute atomic E-state index is 13.4. The number of ether oxygens (including phenoxy) is 1. The molecule has 1 amide bonds. The molecule has 2 aromatic carbocycles. The summed E-state index contributed by atoms with van der Waals surface area (Å²) in [6, 6.07) is 11.1. The number of carbonyl (C=O) groups is 1. The predicted molar refractivity (Wildman–Crippen MR) is 170 cm³/mol. The SMILES string of the molecule is C[C@@H]1[C@@H](C)C[C@@H]2C=CC[C@](O)(C2)[C@@H]2CC[C@H]2CN2CCCCc3cc(Cl)ccc3COc3ccc(cc32)C(=O)NS1(=O)=O. The summed E-state index contributed by atoms with van der Waals surface area (Å²) < 4.78 is 35.5. The molecule has 1 saturated carbocycles. The minimum atomic E-state index is -3.93. The van der Waals surface area contributed by atoms with Crippen molar-refractivity contribution in [3.8, 4) is 5.75 Å². The van der Waals surface area contributed by atoms with Crippen LogP contribution in [0.1, 0.15) is 80.3 Å². The number of rotatable bonds is 0. The average Bonchev–Trinajstić information content (AvgIpc) is 2.97. The molecule has 0 radical (unpaired) electrons. The first-order valence-electron chi connectivity index (χ1n) is 15.8. The third kappa shape index (κ3) is 6.34. The van der Waals surface area contributed by atoms with Crippen LogP contribution in [0.5, 0.6) is 5.75 Å². The van der Waals surface area contributed by atoms with E-state index in [-0.39, 0.29) is 23.3 Å². The normalized spacial score (nSPS) is 32.6. The molecular weight excluding hydrogens is 584 g/mol. The highest BCUT2D eigenvalue weighted by Crippen LogP contribution is 2.49. The van der Waals surface area contributed by atoms with Crippen LogP contribution in [-0.4, -0.2) is 43.4 Å². The molecular formula is C34H43ClN2O5S.